The number of carbonyl (C=O) groups excluding carboxylic acids is 2. The third-order valence-electron chi connectivity index (χ3n) is 17.5. The van der Waals surface area contributed by atoms with Crippen LogP contribution in [0.4, 0.5) is 35.1 Å². The van der Waals surface area contributed by atoms with Crippen molar-refractivity contribution in [2.75, 3.05) is 20.8 Å². The van der Waals surface area contributed by atoms with E-state index in [0.29, 0.717) is 70.3 Å². The summed E-state index contributed by atoms with van der Waals surface area (Å²) < 4.78 is 152. The summed E-state index contributed by atoms with van der Waals surface area (Å²) in [5.74, 6) is -14.2. The third-order valence-corrected chi connectivity index (χ3v) is 17.5. The van der Waals surface area contributed by atoms with Gasteiger partial charge in [0.25, 0.3) is 0 Å². The molecule has 0 spiro atoms. The standard InChI is InChI=1S/C60H68F8N6O5/c1-4-79-41-28-46(67)52(47(68)29-41)54(78-3)56-72-49-31-43(64)45(66)33-51(49)74(56)60(36-19-11-6-12-20-36,58(76)70-40-23-15-8-16-24-40)59(35-17-9-5-10-18-35,57(75)69-39-21-13-7-14-22-39)73-50-32-44(65)42(63)30-48(50)71-55(73)53(77-2)34-25-37(61)27-38(62)26-34/h25-33,35-36,39-40,53-54H,4-24H2,1-3H3,(H,69,75)(H,70,76). The van der Waals surface area contributed by atoms with Gasteiger partial charge in [0.1, 0.15) is 52.9 Å². The van der Waals surface area contributed by atoms with Gasteiger partial charge in [-0.15, -0.1) is 0 Å². The van der Waals surface area contributed by atoms with E-state index in [4.69, 9.17) is 24.2 Å². The lowest BCUT2D eigenvalue weighted by Crippen LogP contribution is -2.76. The lowest BCUT2D eigenvalue weighted by atomic mass is 9.55. The SMILES string of the molecule is CCOc1cc(F)c(C(OC)c2nc3cc(F)c(F)cc3n2C(C(=O)NC2CCCCC2)(C2CCCCC2)C(C(=O)NC2CCCCC2)(C2CCCCC2)n2c(C(OC)c3cc(F)cc(F)c3)nc3cc(F)c(F)cc32)c(F)c1. The molecule has 6 aromatic rings. The summed E-state index contributed by atoms with van der Waals surface area (Å²) in [5, 5.41) is 6.82. The molecule has 424 valence electrons. The molecule has 4 aromatic carbocycles. The van der Waals surface area contributed by atoms with Crippen LogP contribution < -0.4 is 15.4 Å². The molecule has 4 aliphatic rings. The highest BCUT2D eigenvalue weighted by Gasteiger charge is 2.72. The van der Waals surface area contributed by atoms with Crippen LogP contribution in [0.5, 0.6) is 5.75 Å². The Balaban J connectivity index is 1.47. The Kier molecular flexibility index (Phi) is 16.8. The molecule has 4 unspecified atom stereocenters. The topological polar surface area (TPSA) is 122 Å². The van der Waals surface area contributed by atoms with Gasteiger partial charge in [0, 0.05) is 68.8 Å². The molecule has 0 aliphatic heterocycles. The van der Waals surface area contributed by atoms with Crippen molar-refractivity contribution in [1.29, 1.82) is 0 Å². The van der Waals surface area contributed by atoms with Gasteiger partial charge in [-0.25, -0.2) is 45.1 Å². The summed E-state index contributed by atoms with van der Waals surface area (Å²) >= 11 is 0. The second kappa shape index (κ2) is 23.6. The van der Waals surface area contributed by atoms with Gasteiger partial charge in [0.2, 0.25) is 11.8 Å². The number of imidazole rings is 2. The minimum atomic E-state index is -2.58. The maximum Gasteiger partial charge on any atom is 0.249 e. The first-order chi connectivity index (χ1) is 38.1. The molecule has 11 nitrogen and oxygen atoms in total. The number of benzene rings is 4. The molecule has 10 rings (SSSR count). The molecule has 0 radical (unpaired) electrons. The summed E-state index contributed by atoms with van der Waals surface area (Å²) in [6.45, 7) is 1.70. The van der Waals surface area contributed by atoms with Crippen LogP contribution in [0.2, 0.25) is 0 Å². The molecular formula is C60H68F8N6O5. The molecule has 0 saturated heterocycles. The first-order valence-electron chi connectivity index (χ1n) is 28.2. The molecule has 4 atom stereocenters. The van der Waals surface area contributed by atoms with Gasteiger partial charge < -0.3 is 34.0 Å². The molecular weight excluding hydrogens is 1040 g/mol. The Labute approximate surface area is 454 Å². The number of methoxy groups -OCH3 is 2. The van der Waals surface area contributed by atoms with Gasteiger partial charge in [-0.3, -0.25) is 9.59 Å². The van der Waals surface area contributed by atoms with Gasteiger partial charge in [-0.2, -0.15) is 0 Å². The van der Waals surface area contributed by atoms with Crippen molar-refractivity contribution in [3.63, 3.8) is 0 Å². The van der Waals surface area contributed by atoms with E-state index < -0.39 is 117 Å². The van der Waals surface area contributed by atoms with E-state index >= 15 is 44.7 Å². The monoisotopic (exact) mass is 1100 g/mol. The highest BCUT2D eigenvalue weighted by Crippen LogP contribution is 2.59. The van der Waals surface area contributed by atoms with E-state index in [2.05, 4.69) is 10.6 Å². The van der Waals surface area contributed by atoms with Crippen LogP contribution in [-0.4, -0.2) is 63.8 Å². The summed E-state index contributed by atoms with van der Waals surface area (Å²) in [7, 11) is 2.41. The minimum absolute atomic E-state index is 0.0601. The number of fused-ring (bicyclic) bond motifs is 2. The van der Waals surface area contributed by atoms with Crippen molar-refractivity contribution in [3.8, 4) is 5.75 Å². The third kappa shape index (κ3) is 10.2. The Morgan fingerprint density at radius 2 is 0.899 bits per heavy atom. The molecule has 4 aliphatic carbocycles. The predicted octanol–water partition coefficient (Wildman–Crippen LogP) is 13.5. The van der Waals surface area contributed by atoms with E-state index in [1.807, 2.05) is 0 Å². The van der Waals surface area contributed by atoms with Gasteiger partial charge in [-0.1, -0.05) is 77.0 Å². The fourth-order valence-electron chi connectivity index (χ4n) is 14.2. The van der Waals surface area contributed by atoms with Crippen LogP contribution in [0.25, 0.3) is 22.1 Å². The van der Waals surface area contributed by atoms with Crippen molar-refractivity contribution in [3.05, 3.63) is 124 Å². The summed E-state index contributed by atoms with van der Waals surface area (Å²) in [5.41, 5.74) is -6.94. The van der Waals surface area contributed by atoms with E-state index in [9.17, 15) is 0 Å². The minimum Gasteiger partial charge on any atom is -0.494 e. The number of rotatable bonds is 17. The summed E-state index contributed by atoms with van der Waals surface area (Å²) in [6, 6.07) is 6.96. The second-order valence-corrected chi connectivity index (χ2v) is 22.1. The van der Waals surface area contributed by atoms with Crippen LogP contribution in [0, 0.1) is 58.4 Å². The van der Waals surface area contributed by atoms with E-state index in [0.717, 1.165) is 87.1 Å². The van der Waals surface area contributed by atoms with Crippen molar-refractivity contribution >= 4 is 33.9 Å². The van der Waals surface area contributed by atoms with Crippen LogP contribution in [-0.2, 0) is 30.1 Å². The molecule has 79 heavy (non-hydrogen) atoms. The fourth-order valence-corrected chi connectivity index (χ4v) is 14.2. The number of nitrogens with one attached hydrogen (secondary N) is 2. The highest BCUT2D eigenvalue weighted by molar-refractivity contribution is 6.00. The molecule has 2 aromatic heterocycles. The molecule has 0 bridgehead atoms. The van der Waals surface area contributed by atoms with Gasteiger partial charge in [0.05, 0.1) is 34.2 Å². The Bertz CT molecular complexity index is 3160. The highest BCUT2D eigenvalue weighted by atomic mass is 19.2. The Hall–Kier alpha value is -6.08. The number of hydrogen-bond donors (Lipinski definition) is 2. The predicted molar refractivity (Wildman–Crippen MR) is 280 cm³/mol. The molecule has 2 N–H and O–H groups in total. The van der Waals surface area contributed by atoms with E-state index in [-0.39, 0.29) is 71.5 Å². The van der Waals surface area contributed by atoms with Gasteiger partial charge in [-0.05, 0) is 87.8 Å². The van der Waals surface area contributed by atoms with Crippen LogP contribution in [0.1, 0.15) is 170 Å². The summed E-state index contributed by atoms with van der Waals surface area (Å²) in [6.07, 6.45) is 7.27. The second-order valence-electron chi connectivity index (χ2n) is 22.1. The number of nitrogens with zero attached hydrogens (tertiary/aromatic N) is 4. The van der Waals surface area contributed by atoms with Crippen LogP contribution in [0.15, 0.2) is 54.6 Å². The molecule has 2 amide bonds. The van der Waals surface area contributed by atoms with Gasteiger partial charge in [0.15, 0.2) is 34.3 Å². The van der Waals surface area contributed by atoms with Crippen LogP contribution >= 0.6 is 0 Å². The van der Waals surface area contributed by atoms with Crippen LogP contribution in [0.3, 0.4) is 0 Å². The zero-order valence-electron chi connectivity index (χ0n) is 44.9. The maximum absolute atomic E-state index is 17.7. The fraction of sp³-hybridized carbons (Fsp3) is 0.533. The maximum atomic E-state index is 17.7. The lowest BCUT2D eigenvalue weighted by Gasteiger charge is -2.59. The van der Waals surface area contributed by atoms with Crippen molar-refractivity contribution in [2.24, 2.45) is 11.8 Å². The molecule has 2 heterocycles. The molecule has 19 heteroatoms. The lowest BCUT2D eigenvalue weighted by molar-refractivity contribution is -0.165. The number of carbonyl (C=O) groups is 2. The number of ether oxygens (including phenoxy) is 3. The van der Waals surface area contributed by atoms with E-state index in [1.165, 1.54) is 23.4 Å². The number of hydrogen-bond acceptors (Lipinski definition) is 7. The smallest absolute Gasteiger partial charge is 0.249 e. The quantitative estimate of drug-likeness (QED) is 0.0873. The zero-order chi connectivity index (χ0) is 55.8. The normalized spacial score (nSPS) is 19.7. The summed E-state index contributed by atoms with van der Waals surface area (Å²) in [4.78, 5) is 45.3. The van der Waals surface area contributed by atoms with E-state index in [1.54, 1.807) is 6.92 Å². The van der Waals surface area contributed by atoms with Gasteiger partial charge >= 0.3 is 0 Å². The number of amides is 2. The molecule has 4 saturated carbocycles. The zero-order valence-corrected chi connectivity index (χ0v) is 44.9. The van der Waals surface area contributed by atoms with Crippen molar-refractivity contribution < 1.29 is 58.9 Å². The first-order valence-corrected chi connectivity index (χ1v) is 28.2. The number of halogens is 8. The Morgan fingerprint density at radius 1 is 0.519 bits per heavy atom. The Morgan fingerprint density at radius 3 is 1.29 bits per heavy atom. The first kappa shape index (κ1) is 56.2. The molecule has 4 fully saturated rings. The van der Waals surface area contributed by atoms with Crippen molar-refractivity contribution in [2.45, 2.75) is 171 Å². The largest absolute Gasteiger partial charge is 0.494 e. The average Bonchev–Trinajstić information content (AvgIpc) is 2.88. The average molecular weight is 1110 g/mol. The number of aromatic nitrogens is 4. The van der Waals surface area contributed by atoms with Crippen molar-refractivity contribution in [1.82, 2.24) is 29.7 Å².